The largest absolute Gasteiger partial charge is 0.497 e. The summed E-state index contributed by atoms with van der Waals surface area (Å²) in [5.41, 5.74) is 0.729. The first-order valence-electron chi connectivity index (χ1n) is 10.7. The molecule has 0 N–H and O–H groups in total. The summed E-state index contributed by atoms with van der Waals surface area (Å²) in [5, 5.41) is 0. The van der Waals surface area contributed by atoms with Crippen molar-refractivity contribution >= 4 is 6.09 Å². The van der Waals surface area contributed by atoms with Crippen molar-refractivity contribution in [2.45, 2.75) is 70.3 Å². The molecule has 2 saturated heterocycles. The quantitative estimate of drug-likeness (QED) is 0.733. The Morgan fingerprint density at radius 3 is 2.38 bits per heavy atom. The molecular formula is C23H33NO5. The predicted molar refractivity (Wildman–Crippen MR) is 109 cm³/mol. The van der Waals surface area contributed by atoms with Gasteiger partial charge in [0.15, 0.2) is 5.79 Å². The molecule has 0 radical (unpaired) electrons. The van der Waals surface area contributed by atoms with E-state index in [0.717, 1.165) is 43.4 Å². The fraction of sp³-hybridized carbons (Fsp3) is 0.696. The van der Waals surface area contributed by atoms with E-state index < -0.39 is 5.79 Å². The third-order valence-electron chi connectivity index (χ3n) is 6.77. The van der Waals surface area contributed by atoms with Crippen molar-refractivity contribution in [3.8, 4) is 5.75 Å². The SMILES string of the molecule is COc1cccc(C(C)N2CCC3(CCC4(CC3)OCC(C)(C)CO4)OC2=O)c1. The number of hydrogen-bond acceptors (Lipinski definition) is 5. The number of methoxy groups -OCH3 is 1. The van der Waals surface area contributed by atoms with Crippen molar-refractivity contribution in [2.75, 3.05) is 26.9 Å². The summed E-state index contributed by atoms with van der Waals surface area (Å²) in [6.07, 6.45) is 3.76. The fourth-order valence-corrected chi connectivity index (χ4v) is 4.61. The first-order chi connectivity index (χ1) is 13.8. The lowest BCUT2D eigenvalue weighted by Gasteiger charge is -2.51. The van der Waals surface area contributed by atoms with Crippen LogP contribution in [0.25, 0.3) is 0 Å². The third-order valence-corrected chi connectivity index (χ3v) is 6.77. The Morgan fingerprint density at radius 1 is 1.07 bits per heavy atom. The maximum Gasteiger partial charge on any atom is 0.410 e. The molecule has 0 bridgehead atoms. The second-order valence-corrected chi connectivity index (χ2v) is 9.60. The molecule has 1 amide bonds. The summed E-state index contributed by atoms with van der Waals surface area (Å²) in [6, 6.07) is 7.80. The van der Waals surface area contributed by atoms with Crippen LogP contribution in [0.1, 0.15) is 64.5 Å². The number of carbonyl (C=O) groups is 1. The minimum Gasteiger partial charge on any atom is -0.497 e. The molecule has 6 heteroatoms. The van der Waals surface area contributed by atoms with Gasteiger partial charge in [0.05, 0.1) is 26.4 Å². The van der Waals surface area contributed by atoms with Gasteiger partial charge in [-0.3, -0.25) is 0 Å². The molecular weight excluding hydrogens is 370 g/mol. The van der Waals surface area contributed by atoms with Crippen LogP contribution >= 0.6 is 0 Å². The zero-order chi connectivity index (χ0) is 20.7. The van der Waals surface area contributed by atoms with E-state index in [4.69, 9.17) is 18.9 Å². The Morgan fingerprint density at radius 2 is 1.76 bits per heavy atom. The number of amides is 1. The first kappa shape index (κ1) is 20.5. The molecule has 3 fully saturated rings. The summed E-state index contributed by atoms with van der Waals surface area (Å²) in [7, 11) is 1.65. The topological polar surface area (TPSA) is 57.2 Å². The van der Waals surface area contributed by atoms with Crippen molar-refractivity contribution in [3.63, 3.8) is 0 Å². The summed E-state index contributed by atoms with van der Waals surface area (Å²) >= 11 is 0. The normalized spacial score (nSPS) is 26.2. The molecule has 2 spiro atoms. The summed E-state index contributed by atoms with van der Waals surface area (Å²) in [4.78, 5) is 14.7. The Kier molecular flexibility index (Phi) is 5.28. The second kappa shape index (κ2) is 7.47. The van der Waals surface area contributed by atoms with E-state index in [0.29, 0.717) is 19.8 Å². The monoisotopic (exact) mass is 403 g/mol. The molecule has 3 aliphatic rings. The second-order valence-electron chi connectivity index (χ2n) is 9.60. The van der Waals surface area contributed by atoms with E-state index in [1.807, 2.05) is 36.1 Å². The Hall–Kier alpha value is -1.79. The van der Waals surface area contributed by atoms with E-state index >= 15 is 0 Å². The van der Waals surface area contributed by atoms with Crippen LogP contribution in [0.5, 0.6) is 5.75 Å². The molecule has 1 aromatic carbocycles. The highest BCUT2D eigenvalue weighted by atomic mass is 16.7. The maximum atomic E-state index is 12.9. The van der Waals surface area contributed by atoms with Gasteiger partial charge in [0.1, 0.15) is 11.4 Å². The first-order valence-corrected chi connectivity index (χ1v) is 10.7. The van der Waals surface area contributed by atoms with Crippen LogP contribution < -0.4 is 4.74 Å². The number of carbonyl (C=O) groups excluding carboxylic acids is 1. The molecule has 4 rings (SSSR count). The summed E-state index contributed by atoms with van der Waals surface area (Å²) in [5.74, 6) is 0.308. The van der Waals surface area contributed by atoms with Gasteiger partial charge < -0.3 is 23.8 Å². The smallest absolute Gasteiger partial charge is 0.410 e. The van der Waals surface area contributed by atoms with Gasteiger partial charge in [-0.1, -0.05) is 26.0 Å². The average molecular weight is 404 g/mol. The Balaban J connectivity index is 1.37. The highest BCUT2D eigenvalue weighted by Gasteiger charge is 2.51. The number of rotatable bonds is 3. The molecule has 29 heavy (non-hydrogen) atoms. The van der Waals surface area contributed by atoms with Crippen LogP contribution in [0.4, 0.5) is 4.79 Å². The van der Waals surface area contributed by atoms with Gasteiger partial charge in [-0.2, -0.15) is 0 Å². The minimum atomic E-state index is -0.488. The molecule has 2 aliphatic heterocycles. The molecule has 2 heterocycles. The predicted octanol–water partition coefficient (Wildman–Crippen LogP) is 4.68. The molecule has 0 aromatic heterocycles. The lowest BCUT2D eigenvalue weighted by molar-refractivity contribution is -0.320. The van der Waals surface area contributed by atoms with Crippen molar-refractivity contribution in [2.24, 2.45) is 5.41 Å². The van der Waals surface area contributed by atoms with E-state index in [1.165, 1.54) is 0 Å². The van der Waals surface area contributed by atoms with Gasteiger partial charge in [-0.25, -0.2) is 4.79 Å². The summed E-state index contributed by atoms with van der Waals surface area (Å²) < 4.78 is 23.6. The third kappa shape index (κ3) is 4.10. The van der Waals surface area contributed by atoms with Gasteiger partial charge in [-0.15, -0.1) is 0 Å². The number of ether oxygens (including phenoxy) is 4. The van der Waals surface area contributed by atoms with E-state index in [2.05, 4.69) is 13.8 Å². The molecule has 1 aromatic rings. The van der Waals surface area contributed by atoms with Crippen molar-refractivity contribution < 1.29 is 23.7 Å². The van der Waals surface area contributed by atoms with Gasteiger partial charge in [0.25, 0.3) is 0 Å². The minimum absolute atomic E-state index is 0.0582. The van der Waals surface area contributed by atoms with E-state index in [1.54, 1.807) is 7.11 Å². The molecule has 160 valence electrons. The van der Waals surface area contributed by atoms with Crippen LogP contribution in [-0.4, -0.2) is 49.2 Å². The molecule has 1 unspecified atom stereocenters. The van der Waals surface area contributed by atoms with Crippen LogP contribution in [0.15, 0.2) is 24.3 Å². The maximum absolute atomic E-state index is 12.9. The number of hydrogen-bond donors (Lipinski definition) is 0. The lowest BCUT2D eigenvalue weighted by Crippen LogP contribution is -2.56. The van der Waals surface area contributed by atoms with Gasteiger partial charge in [0.2, 0.25) is 0 Å². The number of benzene rings is 1. The number of nitrogens with zero attached hydrogens (tertiary/aromatic N) is 1. The standard InChI is InChI=1S/C23H33NO5/c1-17(18-6-5-7-19(14-18)26-4)24-13-12-22(29-20(24)25)8-10-23(11-9-22)27-15-21(2,3)16-28-23/h5-7,14,17H,8-13,15-16H2,1-4H3. The Labute approximate surface area is 173 Å². The van der Waals surface area contributed by atoms with Gasteiger partial charge in [0, 0.05) is 31.2 Å². The summed E-state index contributed by atoms with van der Waals surface area (Å²) in [6.45, 7) is 8.47. The highest BCUT2D eigenvalue weighted by Crippen LogP contribution is 2.47. The fourth-order valence-electron chi connectivity index (χ4n) is 4.61. The molecule has 1 saturated carbocycles. The van der Waals surface area contributed by atoms with Crippen LogP contribution in [0, 0.1) is 5.41 Å². The molecule has 1 atom stereocenters. The van der Waals surface area contributed by atoms with Crippen LogP contribution in [0.3, 0.4) is 0 Å². The zero-order valence-electron chi connectivity index (χ0n) is 18.0. The van der Waals surface area contributed by atoms with E-state index in [-0.39, 0.29) is 23.2 Å². The van der Waals surface area contributed by atoms with Crippen molar-refractivity contribution in [1.29, 1.82) is 0 Å². The average Bonchev–Trinajstić information content (AvgIpc) is 2.72. The van der Waals surface area contributed by atoms with Gasteiger partial charge in [-0.05, 0) is 37.5 Å². The molecule has 1 aliphatic carbocycles. The van der Waals surface area contributed by atoms with Crippen molar-refractivity contribution in [1.82, 2.24) is 4.90 Å². The highest BCUT2D eigenvalue weighted by molar-refractivity contribution is 5.70. The van der Waals surface area contributed by atoms with Gasteiger partial charge >= 0.3 is 6.09 Å². The van der Waals surface area contributed by atoms with Crippen LogP contribution in [0.2, 0.25) is 0 Å². The zero-order valence-corrected chi connectivity index (χ0v) is 18.0. The lowest BCUT2D eigenvalue weighted by atomic mass is 9.77. The van der Waals surface area contributed by atoms with E-state index in [9.17, 15) is 4.79 Å². The van der Waals surface area contributed by atoms with Crippen molar-refractivity contribution in [3.05, 3.63) is 29.8 Å². The molecule has 6 nitrogen and oxygen atoms in total. The Bertz CT molecular complexity index is 741. The van der Waals surface area contributed by atoms with Crippen LogP contribution in [-0.2, 0) is 14.2 Å².